The van der Waals surface area contributed by atoms with Gasteiger partial charge in [0.05, 0.1) is 16.1 Å². The van der Waals surface area contributed by atoms with Gasteiger partial charge in [0.15, 0.2) is 5.13 Å². The van der Waals surface area contributed by atoms with Gasteiger partial charge < -0.3 is 0 Å². The second-order valence-electron chi connectivity index (χ2n) is 6.86. The van der Waals surface area contributed by atoms with E-state index in [4.69, 9.17) is 0 Å². The number of carbonyl (C=O) groups is 1. The van der Waals surface area contributed by atoms with E-state index in [0.717, 1.165) is 27.3 Å². The summed E-state index contributed by atoms with van der Waals surface area (Å²) in [6.45, 7) is 4.07. The van der Waals surface area contributed by atoms with Crippen molar-refractivity contribution < 1.29 is 9.18 Å². The van der Waals surface area contributed by atoms with E-state index >= 15 is 0 Å². The van der Waals surface area contributed by atoms with Crippen LogP contribution in [0.2, 0.25) is 0 Å². The van der Waals surface area contributed by atoms with Crippen LogP contribution in [0.4, 0.5) is 9.52 Å². The molecule has 0 unspecified atom stereocenters. The number of amides is 1. The van der Waals surface area contributed by atoms with Gasteiger partial charge in [-0.3, -0.25) is 10.1 Å². The summed E-state index contributed by atoms with van der Waals surface area (Å²) in [5.74, 6) is -1.07. The van der Waals surface area contributed by atoms with Gasteiger partial charge in [-0.15, -0.1) is 0 Å². The van der Waals surface area contributed by atoms with E-state index in [-0.39, 0.29) is 5.56 Å². The van der Waals surface area contributed by atoms with Crippen molar-refractivity contribution in [3.05, 3.63) is 95.3 Å². The van der Waals surface area contributed by atoms with E-state index in [9.17, 15) is 9.18 Å². The van der Waals surface area contributed by atoms with Crippen LogP contribution in [0.3, 0.4) is 0 Å². The summed E-state index contributed by atoms with van der Waals surface area (Å²) in [4.78, 5) is 18.2. The van der Waals surface area contributed by atoms with Crippen LogP contribution in [0.25, 0.3) is 21.7 Å². The lowest BCUT2D eigenvalue weighted by atomic mass is 10.0. The number of hydrogen-bond acceptors (Lipinski definition) is 3. The largest absolute Gasteiger partial charge is 0.298 e. The van der Waals surface area contributed by atoms with Gasteiger partial charge in [-0.2, -0.15) is 0 Å². The van der Waals surface area contributed by atoms with Crippen molar-refractivity contribution in [2.75, 3.05) is 5.32 Å². The van der Waals surface area contributed by atoms with Crippen LogP contribution < -0.4 is 5.32 Å². The van der Waals surface area contributed by atoms with Gasteiger partial charge >= 0.3 is 0 Å². The number of nitrogens with zero attached hydrogens (tertiary/aromatic N) is 1. The second-order valence-corrected chi connectivity index (χ2v) is 7.86. The lowest BCUT2D eigenvalue weighted by Crippen LogP contribution is -2.13. The first-order chi connectivity index (χ1) is 14.0. The van der Waals surface area contributed by atoms with Gasteiger partial charge in [0.1, 0.15) is 5.82 Å². The summed E-state index contributed by atoms with van der Waals surface area (Å²) < 4.78 is 14.0. The first-order valence-electron chi connectivity index (χ1n) is 9.22. The minimum atomic E-state index is -0.556. The van der Waals surface area contributed by atoms with E-state index in [0.29, 0.717) is 5.13 Å². The van der Waals surface area contributed by atoms with Gasteiger partial charge in [0.25, 0.3) is 5.91 Å². The predicted molar refractivity (Wildman–Crippen MR) is 117 cm³/mol. The summed E-state index contributed by atoms with van der Waals surface area (Å²) in [7, 11) is 0. The molecule has 0 saturated heterocycles. The zero-order valence-corrected chi connectivity index (χ0v) is 16.9. The number of aromatic nitrogens is 1. The Kier molecular flexibility index (Phi) is 5.23. The lowest BCUT2D eigenvalue weighted by molar-refractivity contribution is 0.102. The Bertz CT molecular complexity index is 1100. The highest BCUT2D eigenvalue weighted by atomic mass is 32.1. The molecule has 4 aromatic rings. The number of benzene rings is 3. The van der Waals surface area contributed by atoms with Crippen LogP contribution in [0, 0.1) is 19.7 Å². The zero-order valence-electron chi connectivity index (χ0n) is 16.1. The van der Waals surface area contributed by atoms with Crippen molar-refractivity contribution >= 4 is 22.4 Å². The van der Waals surface area contributed by atoms with Crippen molar-refractivity contribution in [1.82, 2.24) is 4.98 Å². The van der Waals surface area contributed by atoms with E-state index in [2.05, 4.69) is 10.3 Å². The van der Waals surface area contributed by atoms with Gasteiger partial charge in [0.2, 0.25) is 0 Å². The molecule has 1 aromatic heterocycles. The Morgan fingerprint density at radius 2 is 1.45 bits per heavy atom. The highest BCUT2D eigenvalue weighted by Crippen LogP contribution is 2.39. The third-order valence-corrected chi connectivity index (χ3v) is 5.62. The number of thiazole rings is 1. The molecule has 0 bridgehead atoms. The molecule has 144 valence electrons. The molecule has 0 fully saturated rings. The molecular weight excluding hydrogens is 383 g/mol. The van der Waals surface area contributed by atoms with E-state index < -0.39 is 11.7 Å². The maximum Gasteiger partial charge on any atom is 0.260 e. The molecule has 29 heavy (non-hydrogen) atoms. The van der Waals surface area contributed by atoms with Crippen LogP contribution in [0.15, 0.2) is 72.8 Å². The summed E-state index contributed by atoms with van der Waals surface area (Å²) in [5, 5.41) is 3.19. The van der Waals surface area contributed by atoms with Crippen molar-refractivity contribution in [2.45, 2.75) is 13.8 Å². The molecule has 1 heterocycles. The molecule has 1 N–H and O–H groups in total. The van der Waals surface area contributed by atoms with Crippen LogP contribution >= 0.6 is 11.3 Å². The molecule has 5 heteroatoms. The predicted octanol–water partition coefficient (Wildman–Crippen LogP) is 6.49. The normalized spacial score (nSPS) is 10.7. The third kappa shape index (κ3) is 4.10. The number of carbonyl (C=O) groups excluding carboxylic acids is 1. The fourth-order valence-electron chi connectivity index (χ4n) is 2.99. The molecule has 3 aromatic carbocycles. The van der Waals surface area contributed by atoms with Crippen molar-refractivity contribution in [3.63, 3.8) is 0 Å². The van der Waals surface area contributed by atoms with E-state index in [1.165, 1.54) is 29.0 Å². The quantitative estimate of drug-likeness (QED) is 0.424. The molecule has 0 aliphatic rings. The summed E-state index contributed by atoms with van der Waals surface area (Å²) in [6, 6.07) is 22.2. The highest BCUT2D eigenvalue weighted by Gasteiger charge is 2.18. The zero-order chi connectivity index (χ0) is 20.4. The Labute approximate surface area is 172 Å². The number of hydrogen-bond donors (Lipinski definition) is 1. The van der Waals surface area contributed by atoms with E-state index in [1.807, 2.05) is 62.4 Å². The van der Waals surface area contributed by atoms with E-state index in [1.54, 1.807) is 12.1 Å². The Morgan fingerprint density at radius 1 is 0.862 bits per heavy atom. The second kappa shape index (κ2) is 7.97. The molecule has 0 saturated carbocycles. The number of anilines is 1. The fraction of sp³-hybridized carbons (Fsp3) is 0.0833. The number of aryl methyl sites for hydroxylation is 2. The maximum absolute atomic E-state index is 14.0. The summed E-state index contributed by atoms with van der Waals surface area (Å²) in [5.41, 5.74) is 5.11. The van der Waals surface area contributed by atoms with Crippen LogP contribution in [-0.2, 0) is 0 Å². The molecule has 4 rings (SSSR count). The lowest BCUT2D eigenvalue weighted by Gasteiger charge is -2.04. The van der Waals surface area contributed by atoms with Crippen molar-refractivity contribution in [3.8, 4) is 21.7 Å². The molecule has 3 nitrogen and oxygen atoms in total. The SMILES string of the molecule is Cc1ccc(-c2nc(NC(=O)c3ccccc3F)sc2-c2ccc(C)cc2)cc1. The van der Waals surface area contributed by atoms with Crippen LogP contribution in [0.5, 0.6) is 0 Å². The molecule has 0 spiro atoms. The first-order valence-corrected chi connectivity index (χ1v) is 10.0. The third-order valence-electron chi connectivity index (χ3n) is 4.60. The standard InChI is InChI=1S/C24H19FN2OS/c1-15-7-11-17(12-8-15)21-22(18-13-9-16(2)10-14-18)29-24(26-21)27-23(28)19-5-3-4-6-20(19)25/h3-14H,1-2H3,(H,26,27,28). The van der Waals surface area contributed by atoms with Crippen molar-refractivity contribution in [1.29, 1.82) is 0 Å². The summed E-state index contributed by atoms with van der Waals surface area (Å²) >= 11 is 1.38. The van der Waals surface area contributed by atoms with Gasteiger partial charge in [-0.25, -0.2) is 9.37 Å². The number of halogens is 1. The topological polar surface area (TPSA) is 42.0 Å². The Morgan fingerprint density at radius 3 is 2.07 bits per heavy atom. The van der Waals surface area contributed by atoms with Crippen molar-refractivity contribution in [2.24, 2.45) is 0 Å². The molecule has 0 aliphatic heterocycles. The highest BCUT2D eigenvalue weighted by molar-refractivity contribution is 7.19. The van der Waals surface area contributed by atoms with Crippen LogP contribution in [0.1, 0.15) is 21.5 Å². The molecule has 0 radical (unpaired) electrons. The number of rotatable bonds is 4. The smallest absolute Gasteiger partial charge is 0.260 e. The first kappa shape index (κ1) is 19.0. The Balaban J connectivity index is 1.75. The fourth-order valence-corrected chi connectivity index (χ4v) is 3.98. The molecular formula is C24H19FN2OS. The monoisotopic (exact) mass is 402 g/mol. The van der Waals surface area contributed by atoms with Gasteiger partial charge in [0, 0.05) is 5.56 Å². The number of nitrogens with one attached hydrogen (secondary N) is 1. The minimum absolute atomic E-state index is 0.00327. The van der Waals surface area contributed by atoms with Gasteiger partial charge in [-0.1, -0.05) is 83.1 Å². The Hall–Kier alpha value is -3.31. The molecule has 0 aliphatic carbocycles. The average Bonchev–Trinajstić information content (AvgIpc) is 3.13. The molecule has 0 atom stereocenters. The van der Waals surface area contributed by atoms with Gasteiger partial charge in [-0.05, 0) is 31.5 Å². The molecule has 1 amide bonds. The summed E-state index contributed by atoms with van der Waals surface area (Å²) in [6.07, 6.45) is 0. The maximum atomic E-state index is 14.0. The minimum Gasteiger partial charge on any atom is -0.298 e. The average molecular weight is 402 g/mol. The van der Waals surface area contributed by atoms with Crippen LogP contribution in [-0.4, -0.2) is 10.9 Å².